The average Bonchev–Trinajstić information content (AvgIpc) is 2.92. The van der Waals surface area contributed by atoms with Crippen LogP contribution in [0.3, 0.4) is 0 Å². The van der Waals surface area contributed by atoms with E-state index in [1.165, 1.54) is 6.07 Å². The fraction of sp³-hybridized carbons (Fsp3) is 0.308. The molecule has 4 nitrogen and oxygen atoms in total. The number of hydrogen-bond acceptors (Lipinski definition) is 3. The van der Waals surface area contributed by atoms with Gasteiger partial charge in [0.15, 0.2) is 11.6 Å². The van der Waals surface area contributed by atoms with E-state index in [1.54, 1.807) is 17.1 Å². The second-order valence-corrected chi connectivity index (χ2v) is 4.35. The molecule has 1 saturated heterocycles. The summed E-state index contributed by atoms with van der Waals surface area (Å²) in [4.78, 5) is 4.06. The Labute approximate surface area is 109 Å². The molecule has 100 valence electrons. The fourth-order valence-corrected chi connectivity index (χ4v) is 2.15. The van der Waals surface area contributed by atoms with E-state index in [0.717, 1.165) is 24.4 Å². The molecule has 1 unspecified atom stereocenters. The molecule has 0 amide bonds. The van der Waals surface area contributed by atoms with Gasteiger partial charge < -0.3 is 14.6 Å². The highest BCUT2D eigenvalue weighted by Gasteiger charge is 2.20. The summed E-state index contributed by atoms with van der Waals surface area (Å²) in [6, 6.07) is 3.77. The highest BCUT2D eigenvalue weighted by Crippen LogP contribution is 2.22. The van der Waals surface area contributed by atoms with Gasteiger partial charge in [-0.25, -0.2) is 13.8 Å². The van der Waals surface area contributed by atoms with Gasteiger partial charge in [-0.3, -0.25) is 0 Å². The fourth-order valence-electron chi connectivity index (χ4n) is 2.15. The molecule has 1 aliphatic rings. The zero-order valence-electron chi connectivity index (χ0n) is 10.1. The zero-order valence-corrected chi connectivity index (χ0v) is 10.1. The van der Waals surface area contributed by atoms with Crippen LogP contribution < -0.4 is 5.32 Å². The van der Waals surface area contributed by atoms with E-state index in [1.807, 2.05) is 0 Å². The lowest BCUT2D eigenvalue weighted by Gasteiger charge is -2.24. The van der Waals surface area contributed by atoms with Crippen molar-refractivity contribution in [3.05, 3.63) is 48.1 Å². The first kappa shape index (κ1) is 12.3. The van der Waals surface area contributed by atoms with Crippen molar-refractivity contribution >= 4 is 0 Å². The molecule has 6 heteroatoms. The Hall–Kier alpha value is -1.79. The van der Waals surface area contributed by atoms with Crippen molar-refractivity contribution in [3.8, 4) is 5.69 Å². The van der Waals surface area contributed by atoms with Gasteiger partial charge in [-0.1, -0.05) is 0 Å². The maximum absolute atomic E-state index is 13.3. The molecule has 0 aliphatic carbocycles. The Kier molecular flexibility index (Phi) is 3.27. The number of rotatable bonds is 2. The average molecular weight is 265 g/mol. The van der Waals surface area contributed by atoms with Gasteiger partial charge in [0, 0.05) is 24.8 Å². The number of morpholine rings is 1. The highest BCUT2D eigenvalue weighted by molar-refractivity contribution is 5.35. The molecule has 0 bridgehead atoms. The molecule has 1 aromatic carbocycles. The number of benzene rings is 1. The number of nitrogens with one attached hydrogen (secondary N) is 1. The minimum Gasteiger partial charge on any atom is -0.369 e. The Morgan fingerprint density at radius 3 is 2.95 bits per heavy atom. The van der Waals surface area contributed by atoms with E-state index >= 15 is 0 Å². The molecule has 0 saturated carbocycles. The summed E-state index contributed by atoms with van der Waals surface area (Å²) in [5.74, 6) is -1.74. The van der Waals surface area contributed by atoms with Crippen LogP contribution in [0.4, 0.5) is 8.78 Å². The summed E-state index contributed by atoms with van der Waals surface area (Å²) in [6.07, 6.45) is 3.11. The molecule has 1 fully saturated rings. The SMILES string of the molecule is Fc1ccc(-n2cncc2C2CNCCO2)cc1F. The van der Waals surface area contributed by atoms with Crippen molar-refractivity contribution < 1.29 is 13.5 Å². The Morgan fingerprint density at radius 1 is 1.32 bits per heavy atom. The first-order valence-corrected chi connectivity index (χ1v) is 6.05. The second kappa shape index (κ2) is 5.07. The summed E-state index contributed by atoms with van der Waals surface area (Å²) in [7, 11) is 0. The van der Waals surface area contributed by atoms with Crippen molar-refractivity contribution in [2.45, 2.75) is 6.10 Å². The van der Waals surface area contributed by atoms with E-state index < -0.39 is 11.6 Å². The van der Waals surface area contributed by atoms with Crippen LogP contribution >= 0.6 is 0 Å². The first-order chi connectivity index (χ1) is 9.25. The summed E-state index contributed by atoms with van der Waals surface area (Å²) in [6.45, 7) is 2.11. The number of halogens is 2. The molecule has 0 spiro atoms. The van der Waals surface area contributed by atoms with Gasteiger partial charge in [0.1, 0.15) is 6.10 Å². The third kappa shape index (κ3) is 2.36. The Balaban J connectivity index is 1.96. The van der Waals surface area contributed by atoms with Crippen molar-refractivity contribution in [2.75, 3.05) is 19.7 Å². The van der Waals surface area contributed by atoms with Gasteiger partial charge in [-0.2, -0.15) is 0 Å². The van der Waals surface area contributed by atoms with Crippen LogP contribution in [-0.2, 0) is 4.74 Å². The summed E-state index contributed by atoms with van der Waals surface area (Å²) in [5, 5.41) is 3.22. The molecule has 1 atom stereocenters. The topological polar surface area (TPSA) is 39.1 Å². The molecule has 1 aromatic heterocycles. The zero-order chi connectivity index (χ0) is 13.2. The minimum absolute atomic E-state index is 0.135. The maximum atomic E-state index is 13.3. The van der Waals surface area contributed by atoms with E-state index in [-0.39, 0.29) is 6.10 Å². The van der Waals surface area contributed by atoms with Gasteiger partial charge >= 0.3 is 0 Å². The van der Waals surface area contributed by atoms with E-state index in [4.69, 9.17) is 4.74 Å². The quantitative estimate of drug-likeness (QED) is 0.900. The number of nitrogens with zero attached hydrogens (tertiary/aromatic N) is 2. The number of hydrogen-bond donors (Lipinski definition) is 1. The summed E-state index contributed by atoms with van der Waals surface area (Å²) >= 11 is 0. The predicted octanol–water partition coefficient (Wildman–Crippen LogP) is 1.81. The van der Waals surface area contributed by atoms with Gasteiger partial charge in [-0.15, -0.1) is 0 Å². The van der Waals surface area contributed by atoms with Crippen LogP contribution in [0.5, 0.6) is 0 Å². The summed E-state index contributed by atoms with van der Waals surface area (Å²) < 4.78 is 33.6. The summed E-state index contributed by atoms with van der Waals surface area (Å²) in [5.41, 5.74) is 1.35. The van der Waals surface area contributed by atoms with Gasteiger partial charge in [0.2, 0.25) is 0 Å². The second-order valence-electron chi connectivity index (χ2n) is 4.35. The van der Waals surface area contributed by atoms with Crippen LogP contribution in [-0.4, -0.2) is 29.2 Å². The highest BCUT2D eigenvalue weighted by atomic mass is 19.2. The van der Waals surface area contributed by atoms with E-state index in [0.29, 0.717) is 18.8 Å². The lowest BCUT2D eigenvalue weighted by molar-refractivity contribution is 0.0240. The number of ether oxygens (including phenoxy) is 1. The van der Waals surface area contributed by atoms with Crippen LogP contribution in [0.15, 0.2) is 30.7 Å². The van der Waals surface area contributed by atoms with Gasteiger partial charge in [0.25, 0.3) is 0 Å². The number of imidazole rings is 1. The van der Waals surface area contributed by atoms with Crippen molar-refractivity contribution in [1.29, 1.82) is 0 Å². The number of aromatic nitrogens is 2. The Morgan fingerprint density at radius 2 is 2.21 bits per heavy atom. The smallest absolute Gasteiger partial charge is 0.160 e. The van der Waals surface area contributed by atoms with Gasteiger partial charge in [0.05, 0.1) is 24.8 Å². The van der Waals surface area contributed by atoms with Crippen molar-refractivity contribution in [3.63, 3.8) is 0 Å². The maximum Gasteiger partial charge on any atom is 0.160 e. The van der Waals surface area contributed by atoms with Crippen molar-refractivity contribution in [2.24, 2.45) is 0 Å². The minimum atomic E-state index is -0.875. The lowest BCUT2D eigenvalue weighted by Crippen LogP contribution is -2.34. The Bertz CT molecular complexity index is 579. The molecule has 3 rings (SSSR count). The lowest BCUT2D eigenvalue weighted by atomic mass is 10.2. The van der Waals surface area contributed by atoms with Crippen molar-refractivity contribution in [1.82, 2.24) is 14.9 Å². The van der Waals surface area contributed by atoms with E-state index in [2.05, 4.69) is 10.3 Å². The largest absolute Gasteiger partial charge is 0.369 e. The van der Waals surface area contributed by atoms with Crippen LogP contribution in [0, 0.1) is 11.6 Å². The molecular weight excluding hydrogens is 252 g/mol. The molecular formula is C13H13F2N3O. The molecule has 1 N–H and O–H groups in total. The van der Waals surface area contributed by atoms with Crippen LogP contribution in [0.1, 0.15) is 11.8 Å². The predicted molar refractivity (Wildman–Crippen MR) is 65.0 cm³/mol. The molecule has 1 aliphatic heterocycles. The normalized spacial score (nSPS) is 19.6. The van der Waals surface area contributed by atoms with E-state index in [9.17, 15) is 8.78 Å². The third-order valence-electron chi connectivity index (χ3n) is 3.11. The molecule has 2 heterocycles. The van der Waals surface area contributed by atoms with Crippen LogP contribution in [0.25, 0.3) is 5.69 Å². The molecule has 0 radical (unpaired) electrons. The molecule has 19 heavy (non-hydrogen) atoms. The van der Waals surface area contributed by atoms with Crippen LogP contribution in [0.2, 0.25) is 0 Å². The standard InChI is InChI=1S/C13H13F2N3O/c14-10-2-1-9(5-11(10)15)18-8-17-6-12(18)13-7-16-3-4-19-13/h1-2,5-6,8,13,16H,3-4,7H2. The van der Waals surface area contributed by atoms with Gasteiger partial charge in [-0.05, 0) is 12.1 Å². The monoisotopic (exact) mass is 265 g/mol. The third-order valence-corrected chi connectivity index (χ3v) is 3.11. The first-order valence-electron chi connectivity index (χ1n) is 6.05. The molecule has 2 aromatic rings.